The van der Waals surface area contributed by atoms with Gasteiger partial charge in [-0.1, -0.05) is 380 Å². The molecule has 0 fully saturated rings. The van der Waals surface area contributed by atoms with Crippen molar-refractivity contribution in [2.75, 3.05) is 13.2 Å². The quantitative estimate of drug-likeness (QED) is 0.0261. The number of allylic oxidation sites excluding steroid dienone is 2. The number of hydrogen-bond donors (Lipinski definition) is 0. The highest BCUT2D eigenvalue weighted by molar-refractivity contribution is 5.71. The van der Waals surface area contributed by atoms with Crippen molar-refractivity contribution in [1.82, 2.24) is 0 Å². The molecule has 1 unspecified atom stereocenters. The molecule has 0 saturated heterocycles. The van der Waals surface area contributed by atoms with Crippen molar-refractivity contribution < 1.29 is 28.6 Å². The fourth-order valence-corrected chi connectivity index (χ4v) is 11.7. The van der Waals surface area contributed by atoms with E-state index >= 15 is 0 Å². The fourth-order valence-electron chi connectivity index (χ4n) is 11.7. The molecule has 0 N–H and O–H groups in total. The van der Waals surface area contributed by atoms with Gasteiger partial charge in [0.2, 0.25) is 0 Å². The molecule has 0 rings (SSSR count). The van der Waals surface area contributed by atoms with Gasteiger partial charge in [0, 0.05) is 19.3 Å². The molecule has 6 nitrogen and oxygen atoms in total. The van der Waals surface area contributed by atoms with Crippen LogP contribution in [0.5, 0.6) is 0 Å². The van der Waals surface area contributed by atoms with Crippen molar-refractivity contribution >= 4 is 17.9 Å². The molecule has 0 amide bonds. The third-order valence-electron chi connectivity index (χ3n) is 17.3. The van der Waals surface area contributed by atoms with E-state index in [1.807, 2.05) is 0 Å². The lowest BCUT2D eigenvalue weighted by atomic mass is 10.0. The van der Waals surface area contributed by atoms with E-state index in [1.165, 1.54) is 334 Å². The normalized spacial score (nSPS) is 12.0. The summed E-state index contributed by atoms with van der Waals surface area (Å²) in [7, 11) is 0. The first kappa shape index (κ1) is 79.2. The van der Waals surface area contributed by atoms with Crippen LogP contribution >= 0.6 is 0 Å². The Morgan fingerprint density at radius 2 is 0.407 bits per heavy atom. The van der Waals surface area contributed by atoms with Crippen molar-refractivity contribution in [3.05, 3.63) is 12.2 Å². The van der Waals surface area contributed by atoms with Crippen LogP contribution in [0, 0.1) is 0 Å². The van der Waals surface area contributed by atoms with Gasteiger partial charge in [0.05, 0.1) is 0 Å². The molecule has 0 aromatic rings. The maximum atomic E-state index is 13.0. The van der Waals surface area contributed by atoms with Gasteiger partial charge < -0.3 is 14.2 Å². The summed E-state index contributed by atoms with van der Waals surface area (Å²) in [6.45, 7) is 6.74. The second-order valence-electron chi connectivity index (χ2n) is 25.6. The van der Waals surface area contributed by atoms with Gasteiger partial charge in [0.1, 0.15) is 13.2 Å². The van der Waals surface area contributed by atoms with Crippen molar-refractivity contribution in [2.24, 2.45) is 0 Å². The number of carbonyl (C=O) groups is 3. The molecule has 0 aliphatic rings. The maximum absolute atomic E-state index is 13.0. The van der Waals surface area contributed by atoms with Gasteiger partial charge >= 0.3 is 17.9 Å². The van der Waals surface area contributed by atoms with Crippen molar-refractivity contribution in [2.45, 2.75) is 438 Å². The van der Waals surface area contributed by atoms with E-state index in [1.54, 1.807) is 0 Å². The van der Waals surface area contributed by atoms with E-state index in [4.69, 9.17) is 14.2 Å². The summed E-state index contributed by atoms with van der Waals surface area (Å²) in [5, 5.41) is 0. The maximum Gasteiger partial charge on any atom is 0.306 e. The van der Waals surface area contributed by atoms with Crippen molar-refractivity contribution in [1.29, 1.82) is 0 Å². The van der Waals surface area contributed by atoms with Gasteiger partial charge in [-0.25, -0.2) is 0 Å². The topological polar surface area (TPSA) is 78.9 Å². The molecule has 0 saturated carbocycles. The number of carbonyl (C=O) groups excluding carboxylic acids is 3. The summed E-state index contributed by atoms with van der Waals surface area (Å²) >= 11 is 0. The molecule has 0 aromatic carbocycles. The predicted octanol–water partition coefficient (Wildman–Crippen LogP) is 25.6. The van der Waals surface area contributed by atoms with Crippen LogP contribution in [0.25, 0.3) is 0 Å². The summed E-state index contributed by atoms with van der Waals surface area (Å²) in [5.41, 5.74) is 0. The number of ether oxygens (including phenoxy) is 3. The lowest BCUT2D eigenvalue weighted by molar-refractivity contribution is -0.167. The predicted molar refractivity (Wildman–Crippen MR) is 353 cm³/mol. The monoisotopic (exact) mass is 1140 g/mol. The average Bonchev–Trinajstić information content (AvgIpc) is 3.47. The zero-order valence-corrected chi connectivity index (χ0v) is 55.4. The van der Waals surface area contributed by atoms with Crippen LogP contribution in [0.4, 0.5) is 0 Å². The third-order valence-corrected chi connectivity index (χ3v) is 17.3. The first-order valence-electron chi connectivity index (χ1n) is 37.2. The number of esters is 3. The van der Waals surface area contributed by atoms with Crippen molar-refractivity contribution in [3.63, 3.8) is 0 Å². The Kier molecular flexibility index (Phi) is 69.0. The Morgan fingerprint density at radius 1 is 0.235 bits per heavy atom. The minimum absolute atomic E-state index is 0.0617. The Balaban J connectivity index is 4.17. The highest BCUT2D eigenvalue weighted by atomic mass is 16.6. The Labute approximate surface area is 507 Å². The van der Waals surface area contributed by atoms with Crippen LogP contribution in [0.2, 0.25) is 0 Å². The molecule has 0 aliphatic heterocycles. The summed E-state index contributed by atoms with van der Waals surface area (Å²) in [5.74, 6) is -0.822. The molecular weight excluding hydrogens is 997 g/mol. The number of hydrogen-bond acceptors (Lipinski definition) is 6. The van der Waals surface area contributed by atoms with E-state index in [-0.39, 0.29) is 31.1 Å². The minimum Gasteiger partial charge on any atom is -0.462 e. The van der Waals surface area contributed by atoms with E-state index in [0.717, 1.165) is 57.8 Å². The van der Waals surface area contributed by atoms with E-state index in [9.17, 15) is 14.4 Å². The standard InChI is InChI=1S/C75H144O6/c1-4-7-10-13-16-19-22-25-28-30-32-34-35-36-37-38-39-40-41-42-44-45-47-50-53-56-59-62-65-68-74(77)80-71-72(70-79-73(76)67-64-61-58-55-52-49-27-24-21-18-15-12-9-6-3)81-75(78)69-66-63-60-57-54-51-48-46-43-33-31-29-26-23-20-17-14-11-8-5-2/h30,32,72H,4-29,31,33-71H2,1-3H3/b32-30-. The average molecular weight is 1140 g/mol. The lowest BCUT2D eigenvalue weighted by Gasteiger charge is -2.18. The molecule has 0 spiro atoms. The van der Waals surface area contributed by atoms with Gasteiger partial charge in [0.15, 0.2) is 6.10 Å². The molecule has 81 heavy (non-hydrogen) atoms. The summed E-state index contributed by atoms with van der Waals surface area (Å²) < 4.78 is 17.0. The van der Waals surface area contributed by atoms with Gasteiger partial charge in [-0.05, 0) is 44.9 Å². The van der Waals surface area contributed by atoms with Gasteiger partial charge in [-0.15, -0.1) is 0 Å². The van der Waals surface area contributed by atoms with E-state index < -0.39 is 6.10 Å². The highest BCUT2D eigenvalue weighted by Gasteiger charge is 2.20. The summed E-state index contributed by atoms with van der Waals surface area (Å²) in [6.07, 6.45) is 85.4. The van der Waals surface area contributed by atoms with Crippen LogP contribution in [0.15, 0.2) is 12.2 Å². The first-order valence-corrected chi connectivity index (χ1v) is 37.2. The van der Waals surface area contributed by atoms with Crippen LogP contribution in [0.1, 0.15) is 432 Å². The van der Waals surface area contributed by atoms with Crippen LogP contribution < -0.4 is 0 Å². The van der Waals surface area contributed by atoms with Crippen LogP contribution in [0.3, 0.4) is 0 Å². The Hall–Kier alpha value is -1.85. The second-order valence-corrected chi connectivity index (χ2v) is 25.6. The summed E-state index contributed by atoms with van der Waals surface area (Å²) in [4.78, 5) is 38.5. The third kappa shape index (κ3) is 68.8. The van der Waals surface area contributed by atoms with Crippen molar-refractivity contribution in [3.8, 4) is 0 Å². The second kappa shape index (κ2) is 70.6. The fraction of sp³-hybridized carbons (Fsp3) is 0.933. The summed E-state index contributed by atoms with van der Waals surface area (Å²) in [6, 6.07) is 0. The Bertz CT molecular complexity index is 1260. The number of rotatable bonds is 70. The van der Waals surface area contributed by atoms with E-state index in [2.05, 4.69) is 32.9 Å². The number of unbranched alkanes of at least 4 members (excludes halogenated alkanes) is 57. The molecule has 480 valence electrons. The van der Waals surface area contributed by atoms with Gasteiger partial charge in [-0.3, -0.25) is 14.4 Å². The van der Waals surface area contributed by atoms with Gasteiger partial charge in [-0.2, -0.15) is 0 Å². The molecule has 1 atom stereocenters. The largest absolute Gasteiger partial charge is 0.462 e. The molecule has 6 heteroatoms. The van der Waals surface area contributed by atoms with Crippen LogP contribution in [-0.2, 0) is 28.6 Å². The van der Waals surface area contributed by atoms with E-state index in [0.29, 0.717) is 19.3 Å². The highest BCUT2D eigenvalue weighted by Crippen LogP contribution is 2.19. The minimum atomic E-state index is -0.765. The zero-order valence-electron chi connectivity index (χ0n) is 55.4. The zero-order chi connectivity index (χ0) is 58.5. The molecule has 0 aromatic heterocycles. The van der Waals surface area contributed by atoms with Gasteiger partial charge in [0.25, 0.3) is 0 Å². The molecular formula is C75H144O6. The van der Waals surface area contributed by atoms with Crippen LogP contribution in [-0.4, -0.2) is 37.2 Å². The smallest absolute Gasteiger partial charge is 0.306 e. The molecule has 0 aliphatic carbocycles. The molecule has 0 heterocycles. The molecule has 0 radical (unpaired) electrons. The lowest BCUT2D eigenvalue weighted by Crippen LogP contribution is -2.30. The SMILES string of the molecule is CCCCCCCCCC/C=C\CCCCCCCCCCCCCCCCCCCC(=O)OCC(COC(=O)CCCCCCCCCCCCCCCC)OC(=O)CCCCCCCCCCCCCCCCCCCCCC. The molecule has 0 bridgehead atoms. The first-order chi connectivity index (χ1) is 40.0. The Morgan fingerprint density at radius 3 is 0.617 bits per heavy atom.